The van der Waals surface area contributed by atoms with Crippen LogP contribution in [0.5, 0.6) is 0 Å². The number of carboxylic acids is 1. The largest absolute Gasteiger partial charge is 0.481 e. The summed E-state index contributed by atoms with van der Waals surface area (Å²) in [7, 11) is 0. The monoisotopic (exact) mass is 217 g/mol. The van der Waals surface area contributed by atoms with Crippen molar-refractivity contribution in [2.45, 2.75) is 12.8 Å². The van der Waals surface area contributed by atoms with Crippen LogP contribution in [0.15, 0.2) is 18.2 Å². The SMILES string of the molecule is N#CCc1ccc(F)c(C#CCC(=O)O)c1. The number of carboxylic acid groups (broad SMARTS) is 1. The van der Waals surface area contributed by atoms with Gasteiger partial charge in [0.25, 0.3) is 0 Å². The van der Waals surface area contributed by atoms with Crippen molar-refractivity contribution in [3.05, 3.63) is 35.1 Å². The number of aliphatic carboxylic acids is 1. The molecule has 0 aliphatic rings. The van der Waals surface area contributed by atoms with E-state index in [1.165, 1.54) is 18.2 Å². The minimum absolute atomic E-state index is 0.119. The molecule has 0 aliphatic heterocycles. The van der Waals surface area contributed by atoms with Crippen LogP contribution in [-0.2, 0) is 11.2 Å². The zero-order valence-electron chi connectivity index (χ0n) is 8.33. The van der Waals surface area contributed by atoms with Crippen LogP contribution in [0.2, 0.25) is 0 Å². The highest BCUT2D eigenvalue weighted by Gasteiger charge is 2.00. The molecule has 16 heavy (non-hydrogen) atoms. The Kier molecular flexibility index (Phi) is 4.06. The molecule has 0 radical (unpaired) electrons. The van der Waals surface area contributed by atoms with Gasteiger partial charge in [-0.1, -0.05) is 17.9 Å². The van der Waals surface area contributed by atoms with Crippen molar-refractivity contribution >= 4 is 5.97 Å². The Balaban J connectivity index is 2.93. The number of halogens is 1. The van der Waals surface area contributed by atoms with E-state index >= 15 is 0 Å². The first kappa shape index (κ1) is 11.7. The predicted octanol–water partition coefficient (Wildman–Crippen LogP) is 1.72. The molecule has 0 aromatic heterocycles. The Morgan fingerprint density at radius 1 is 1.50 bits per heavy atom. The van der Waals surface area contributed by atoms with Crippen molar-refractivity contribution < 1.29 is 14.3 Å². The molecule has 3 nitrogen and oxygen atoms in total. The Morgan fingerprint density at radius 3 is 2.88 bits per heavy atom. The molecule has 1 aromatic carbocycles. The van der Waals surface area contributed by atoms with Gasteiger partial charge in [-0.3, -0.25) is 4.79 Å². The van der Waals surface area contributed by atoms with E-state index < -0.39 is 11.8 Å². The molecule has 0 spiro atoms. The molecule has 0 atom stereocenters. The molecule has 0 saturated heterocycles. The fourth-order valence-corrected chi connectivity index (χ4v) is 1.08. The number of nitriles is 1. The van der Waals surface area contributed by atoms with Gasteiger partial charge in [0.1, 0.15) is 12.2 Å². The zero-order valence-corrected chi connectivity index (χ0v) is 8.33. The highest BCUT2D eigenvalue weighted by molar-refractivity contribution is 5.70. The second-order valence-corrected chi connectivity index (χ2v) is 3.02. The Morgan fingerprint density at radius 2 is 2.25 bits per heavy atom. The van der Waals surface area contributed by atoms with Crippen LogP contribution in [0.4, 0.5) is 4.39 Å². The summed E-state index contributed by atoms with van der Waals surface area (Å²) in [5.41, 5.74) is 0.775. The van der Waals surface area contributed by atoms with Crippen molar-refractivity contribution in [1.29, 1.82) is 5.26 Å². The highest BCUT2D eigenvalue weighted by atomic mass is 19.1. The van der Waals surface area contributed by atoms with Gasteiger partial charge in [0, 0.05) is 0 Å². The van der Waals surface area contributed by atoms with Crippen molar-refractivity contribution in [3.63, 3.8) is 0 Å². The van der Waals surface area contributed by atoms with E-state index in [0.717, 1.165) is 0 Å². The molecule has 80 valence electrons. The number of rotatable bonds is 2. The van der Waals surface area contributed by atoms with E-state index in [1.54, 1.807) is 0 Å². The van der Waals surface area contributed by atoms with Crippen LogP contribution >= 0.6 is 0 Å². The first-order chi connectivity index (χ1) is 7.63. The van der Waals surface area contributed by atoms with Crippen LogP contribution < -0.4 is 0 Å². The fourth-order valence-electron chi connectivity index (χ4n) is 1.08. The Bertz CT molecular complexity index is 506. The summed E-state index contributed by atoms with van der Waals surface area (Å²) in [6, 6.07) is 6.11. The summed E-state index contributed by atoms with van der Waals surface area (Å²) < 4.78 is 13.2. The minimum atomic E-state index is -1.05. The average molecular weight is 217 g/mol. The van der Waals surface area contributed by atoms with E-state index in [4.69, 9.17) is 10.4 Å². The smallest absolute Gasteiger partial charge is 0.315 e. The van der Waals surface area contributed by atoms with Gasteiger partial charge < -0.3 is 5.11 Å². The number of carbonyl (C=O) groups is 1. The minimum Gasteiger partial charge on any atom is -0.481 e. The lowest BCUT2D eigenvalue weighted by molar-refractivity contribution is -0.135. The number of nitrogens with zero attached hydrogens (tertiary/aromatic N) is 1. The third-order valence-corrected chi connectivity index (χ3v) is 1.78. The lowest BCUT2D eigenvalue weighted by Gasteiger charge is -1.97. The van der Waals surface area contributed by atoms with Gasteiger partial charge in [-0.05, 0) is 17.7 Å². The second kappa shape index (κ2) is 5.53. The summed E-state index contributed by atoms with van der Waals surface area (Å²) >= 11 is 0. The molecule has 4 heteroatoms. The van der Waals surface area contributed by atoms with E-state index in [0.29, 0.717) is 5.56 Å². The highest BCUT2D eigenvalue weighted by Crippen LogP contribution is 2.09. The molecule has 0 amide bonds. The molecular weight excluding hydrogens is 209 g/mol. The second-order valence-electron chi connectivity index (χ2n) is 3.02. The maximum Gasteiger partial charge on any atom is 0.315 e. The standard InChI is InChI=1S/C12H8FNO2/c13-11-5-4-9(6-7-14)8-10(11)2-1-3-12(15)16/h4-5,8H,3,6H2,(H,15,16). The topological polar surface area (TPSA) is 61.1 Å². The summed E-state index contributed by atoms with van der Waals surface area (Å²) in [6.45, 7) is 0. The van der Waals surface area contributed by atoms with E-state index in [2.05, 4.69) is 11.8 Å². The number of benzene rings is 1. The van der Waals surface area contributed by atoms with Gasteiger partial charge in [-0.25, -0.2) is 4.39 Å². The predicted molar refractivity (Wildman–Crippen MR) is 54.8 cm³/mol. The molecule has 1 N–H and O–H groups in total. The third-order valence-electron chi connectivity index (χ3n) is 1.78. The fraction of sp³-hybridized carbons (Fsp3) is 0.167. The molecule has 0 saturated carbocycles. The molecule has 0 heterocycles. The Labute approximate surface area is 92.1 Å². The van der Waals surface area contributed by atoms with Crippen molar-refractivity contribution in [2.24, 2.45) is 0 Å². The van der Waals surface area contributed by atoms with Gasteiger partial charge in [-0.2, -0.15) is 5.26 Å². The van der Waals surface area contributed by atoms with Gasteiger partial charge in [0.2, 0.25) is 0 Å². The first-order valence-corrected chi connectivity index (χ1v) is 4.49. The van der Waals surface area contributed by atoms with Crippen molar-refractivity contribution in [1.82, 2.24) is 0 Å². The quantitative estimate of drug-likeness (QED) is 0.767. The van der Waals surface area contributed by atoms with Crippen LogP contribution in [0.3, 0.4) is 0 Å². The van der Waals surface area contributed by atoms with Gasteiger partial charge >= 0.3 is 5.97 Å². The number of hydrogen-bond acceptors (Lipinski definition) is 2. The van der Waals surface area contributed by atoms with E-state index in [-0.39, 0.29) is 18.4 Å². The number of hydrogen-bond donors (Lipinski definition) is 1. The molecular formula is C12H8FNO2. The molecule has 1 aromatic rings. The third kappa shape index (κ3) is 3.43. The summed E-state index contributed by atoms with van der Waals surface area (Å²) in [6.07, 6.45) is -0.157. The lowest BCUT2D eigenvalue weighted by atomic mass is 10.1. The van der Waals surface area contributed by atoms with Crippen molar-refractivity contribution in [3.8, 4) is 17.9 Å². The van der Waals surface area contributed by atoms with E-state index in [1.807, 2.05) is 6.07 Å². The molecule has 0 fully saturated rings. The van der Waals surface area contributed by atoms with Gasteiger partial charge in [0.15, 0.2) is 0 Å². The molecule has 1 rings (SSSR count). The Hall–Kier alpha value is -2.33. The van der Waals surface area contributed by atoms with Crippen molar-refractivity contribution in [2.75, 3.05) is 0 Å². The normalized spacial score (nSPS) is 8.75. The maximum absolute atomic E-state index is 13.2. The van der Waals surface area contributed by atoms with Gasteiger partial charge in [0.05, 0.1) is 18.1 Å². The maximum atomic E-state index is 13.2. The molecule has 0 aliphatic carbocycles. The summed E-state index contributed by atoms with van der Waals surface area (Å²) in [5.74, 6) is 3.20. The van der Waals surface area contributed by atoms with Gasteiger partial charge in [-0.15, -0.1) is 0 Å². The van der Waals surface area contributed by atoms with Crippen LogP contribution in [0, 0.1) is 29.0 Å². The first-order valence-electron chi connectivity index (χ1n) is 4.49. The summed E-state index contributed by atoms with van der Waals surface area (Å²) in [4.78, 5) is 10.2. The van der Waals surface area contributed by atoms with Crippen LogP contribution in [0.1, 0.15) is 17.5 Å². The van der Waals surface area contributed by atoms with Crippen LogP contribution in [-0.4, -0.2) is 11.1 Å². The summed E-state index contributed by atoms with van der Waals surface area (Å²) in [5, 5.41) is 16.8. The van der Waals surface area contributed by atoms with Crippen LogP contribution in [0.25, 0.3) is 0 Å². The van der Waals surface area contributed by atoms with E-state index in [9.17, 15) is 9.18 Å². The molecule has 0 bridgehead atoms. The zero-order chi connectivity index (χ0) is 12.0. The average Bonchev–Trinajstić information content (AvgIpc) is 2.22. The lowest BCUT2D eigenvalue weighted by Crippen LogP contribution is -1.92. The molecule has 0 unspecified atom stereocenters.